The summed E-state index contributed by atoms with van der Waals surface area (Å²) in [6.45, 7) is 4.46. The van der Waals surface area contributed by atoms with E-state index < -0.39 is 11.9 Å². The molecule has 1 aromatic rings. The van der Waals surface area contributed by atoms with Crippen molar-refractivity contribution in [3.05, 3.63) is 35.9 Å². The Morgan fingerprint density at radius 2 is 1.95 bits per heavy atom. The molecule has 1 saturated carbocycles. The van der Waals surface area contributed by atoms with Gasteiger partial charge in [0.25, 0.3) is 0 Å². The molecule has 108 valence electrons. The van der Waals surface area contributed by atoms with Crippen LogP contribution in [0.4, 0.5) is 0 Å². The molecule has 0 bridgehead atoms. The van der Waals surface area contributed by atoms with Crippen LogP contribution < -0.4 is 0 Å². The summed E-state index contributed by atoms with van der Waals surface area (Å²) in [4.78, 5) is 25.1. The highest BCUT2D eigenvalue weighted by Gasteiger charge is 2.41. The maximum atomic E-state index is 12.4. The van der Waals surface area contributed by atoms with Crippen molar-refractivity contribution in [1.82, 2.24) is 4.90 Å². The maximum Gasteiger partial charge on any atom is 0.308 e. The molecule has 0 saturated heterocycles. The number of carboxylic acids is 1. The molecule has 1 fully saturated rings. The van der Waals surface area contributed by atoms with Crippen LogP contribution in [0.3, 0.4) is 0 Å². The molecule has 1 aliphatic rings. The Labute approximate surface area is 119 Å². The lowest BCUT2D eigenvalue weighted by atomic mass is 10.1. The van der Waals surface area contributed by atoms with Crippen molar-refractivity contribution in [1.29, 1.82) is 0 Å². The van der Waals surface area contributed by atoms with Gasteiger partial charge in [0.1, 0.15) is 0 Å². The van der Waals surface area contributed by atoms with E-state index in [1.807, 2.05) is 30.3 Å². The molecular formula is C16H21NO3. The first kappa shape index (κ1) is 14.6. The lowest BCUT2D eigenvalue weighted by Gasteiger charge is -2.25. The van der Waals surface area contributed by atoms with Crippen LogP contribution in [0.2, 0.25) is 0 Å². The minimum atomic E-state index is -0.861. The van der Waals surface area contributed by atoms with Gasteiger partial charge in [-0.3, -0.25) is 9.59 Å². The fourth-order valence-corrected chi connectivity index (χ4v) is 2.35. The summed E-state index contributed by atoms with van der Waals surface area (Å²) in [7, 11) is 0. The normalized spacial score (nSPS) is 22.1. The van der Waals surface area contributed by atoms with Gasteiger partial charge in [-0.2, -0.15) is 0 Å². The zero-order valence-electron chi connectivity index (χ0n) is 12.0. The van der Waals surface area contributed by atoms with Crippen molar-refractivity contribution in [2.24, 2.45) is 17.8 Å². The number of hydrogen-bond donors (Lipinski definition) is 1. The first-order chi connectivity index (χ1) is 9.49. The number of rotatable bonds is 6. The third-order valence-corrected chi connectivity index (χ3v) is 3.87. The van der Waals surface area contributed by atoms with Crippen LogP contribution in [-0.2, 0) is 16.1 Å². The van der Waals surface area contributed by atoms with Crippen molar-refractivity contribution in [2.75, 3.05) is 6.54 Å². The van der Waals surface area contributed by atoms with Gasteiger partial charge in [0.15, 0.2) is 0 Å². The van der Waals surface area contributed by atoms with E-state index in [1.54, 1.807) is 11.8 Å². The van der Waals surface area contributed by atoms with Gasteiger partial charge in [0, 0.05) is 19.0 Å². The van der Waals surface area contributed by atoms with Crippen LogP contribution in [0.5, 0.6) is 0 Å². The molecule has 4 nitrogen and oxygen atoms in total. The van der Waals surface area contributed by atoms with E-state index >= 15 is 0 Å². The molecule has 1 amide bonds. The van der Waals surface area contributed by atoms with E-state index in [4.69, 9.17) is 5.11 Å². The molecule has 1 N–H and O–H groups in total. The number of benzene rings is 1. The van der Waals surface area contributed by atoms with Crippen LogP contribution in [-0.4, -0.2) is 28.4 Å². The Morgan fingerprint density at radius 1 is 1.35 bits per heavy atom. The Bertz CT molecular complexity index is 486. The Balaban J connectivity index is 2.07. The molecule has 1 aromatic carbocycles. The molecule has 0 spiro atoms. The van der Waals surface area contributed by atoms with E-state index in [9.17, 15) is 9.59 Å². The second-order valence-corrected chi connectivity index (χ2v) is 5.76. The third-order valence-electron chi connectivity index (χ3n) is 3.87. The van der Waals surface area contributed by atoms with Crippen LogP contribution in [0.25, 0.3) is 0 Å². The summed E-state index contributed by atoms with van der Waals surface area (Å²) in [5.41, 5.74) is 1.03. The highest BCUT2D eigenvalue weighted by molar-refractivity contribution is 5.82. The SMILES string of the molecule is C[C@H](CN(Cc1ccccc1)C(=O)[C@H]1C[C@H]1C)C(=O)O. The second kappa shape index (κ2) is 6.07. The van der Waals surface area contributed by atoms with Gasteiger partial charge in [0.05, 0.1) is 5.92 Å². The van der Waals surface area contributed by atoms with E-state index in [-0.39, 0.29) is 18.4 Å². The van der Waals surface area contributed by atoms with Gasteiger partial charge in [-0.25, -0.2) is 0 Å². The zero-order chi connectivity index (χ0) is 14.7. The number of hydrogen-bond acceptors (Lipinski definition) is 2. The lowest BCUT2D eigenvalue weighted by Crippen LogP contribution is -2.37. The Hall–Kier alpha value is -1.84. The summed E-state index contributed by atoms with van der Waals surface area (Å²) >= 11 is 0. The summed E-state index contributed by atoms with van der Waals surface area (Å²) < 4.78 is 0. The van der Waals surface area contributed by atoms with E-state index in [2.05, 4.69) is 6.92 Å². The number of carbonyl (C=O) groups is 2. The largest absolute Gasteiger partial charge is 0.481 e. The van der Waals surface area contributed by atoms with Crippen LogP contribution in [0.15, 0.2) is 30.3 Å². The number of aliphatic carboxylic acids is 1. The number of amides is 1. The highest BCUT2D eigenvalue weighted by atomic mass is 16.4. The highest BCUT2D eigenvalue weighted by Crippen LogP contribution is 2.39. The Kier molecular flexibility index (Phi) is 4.42. The Morgan fingerprint density at radius 3 is 2.45 bits per heavy atom. The molecular weight excluding hydrogens is 254 g/mol. The molecule has 20 heavy (non-hydrogen) atoms. The van der Waals surface area contributed by atoms with E-state index in [0.717, 1.165) is 12.0 Å². The predicted molar refractivity (Wildman–Crippen MR) is 75.9 cm³/mol. The van der Waals surface area contributed by atoms with Crippen LogP contribution in [0, 0.1) is 17.8 Å². The molecule has 0 unspecified atom stereocenters. The first-order valence-corrected chi connectivity index (χ1v) is 7.04. The topological polar surface area (TPSA) is 57.6 Å². The van der Waals surface area contributed by atoms with Gasteiger partial charge in [0.2, 0.25) is 5.91 Å². The van der Waals surface area contributed by atoms with Crippen molar-refractivity contribution in [2.45, 2.75) is 26.8 Å². The van der Waals surface area contributed by atoms with Gasteiger partial charge < -0.3 is 10.0 Å². The zero-order valence-corrected chi connectivity index (χ0v) is 12.0. The van der Waals surface area contributed by atoms with E-state index in [0.29, 0.717) is 12.5 Å². The summed E-state index contributed by atoms with van der Waals surface area (Å²) in [5, 5.41) is 9.05. The molecule has 2 rings (SSSR count). The first-order valence-electron chi connectivity index (χ1n) is 7.04. The minimum Gasteiger partial charge on any atom is -0.481 e. The van der Waals surface area contributed by atoms with E-state index in [1.165, 1.54) is 0 Å². The second-order valence-electron chi connectivity index (χ2n) is 5.76. The molecule has 0 aromatic heterocycles. The fraction of sp³-hybridized carbons (Fsp3) is 0.500. The van der Waals surface area contributed by atoms with Crippen molar-refractivity contribution in [3.8, 4) is 0 Å². The monoisotopic (exact) mass is 275 g/mol. The molecule has 0 heterocycles. The molecule has 0 radical (unpaired) electrons. The molecule has 4 heteroatoms. The summed E-state index contributed by atoms with van der Waals surface area (Å²) in [6, 6.07) is 9.71. The minimum absolute atomic E-state index is 0.0831. The smallest absolute Gasteiger partial charge is 0.308 e. The fourth-order valence-electron chi connectivity index (χ4n) is 2.35. The number of nitrogens with zero attached hydrogens (tertiary/aromatic N) is 1. The number of carboxylic acid groups (broad SMARTS) is 1. The average Bonchev–Trinajstić information content (AvgIpc) is 3.15. The van der Waals surface area contributed by atoms with Crippen molar-refractivity contribution in [3.63, 3.8) is 0 Å². The van der Waals surface area contributed by atoms with Gasteiger partial charge >= 0.3 is 5.97 Å². The average molecular weight is 275 g/mol. The van der Waals surface area contributed by atoms with Crippen LogP contribution in [0.1, 0.15) is 25.8 Å². The molecule has 1 aliphatic carbocycles. The number of carbonyl (C=O) groups excluding carboxylic acids is 1. The standard InChI is InChI=1S/C16H21NO3/c1-11-8-14(11)15(18)17(9-12(2)16(19)20)10-13-6-4-3-5-7-13/h3-7,11-12,14H,8-10H2,1-2H3,(H,19,20)/t11-,12-,14+/m1/s1. The quantitative estimate of drug-likeness (QED) is 0.867. The summed E-state index contributed by atoms with van der Waals surface area (Å²) in [6.07, 6.45) is 0.922. The molecule has 3 atom stereocenters. The molecule has 0 aliphatic heterocycles. The maximum absolute atomic E-state index is 12.4. The van der Waals surface area contributed by atoms with Crippen molar-refractivity contribution >= 4 is 11.9 Å². The van der Waals surface area contributed by atoms with Crippen molar-refractivity contribution < 1.29 is 14.7 Å². The predicted octanol–water partition coefficient (Wildman–Crippen LogP) is 2.39. The summed E-state index contributed by atoms with van der Waals surface area (Å²) in [5.74, 6) is -0.800. The van der Waals surface area contributed by atoms with Gasteiger partial charge in [-0.15, -0.1) is 0 Å². The lowest BCUT2D eigenvalue weighted by molar-refractivity contribution is -0.143. The third kappa shape index (κ3) is 3.59. The van der Waals surface area contributed by atoms with Gasteiger partial charge in [-0.1, -0.05) is 44.2 Å². The van der Waals surface area contributed by atoms with Crippen LogP contribution >= 0.6 is 0 Å². The van der Waals surface area contributed by atoms with Gasteiger partial charge in [-0.05, 0) is 17.9 Å².